The Bertz CT molecular complexity index is 411. The maximum Gasteiger partial charge on any atom is 0.312 e. The second-order valence-electron chi connectivity index (χ2n) is 4.65. The predicted octanol–water partition coefficient (Wildman–Crippen LogP) is 2.53. The summed E-state index contributed by atoms with van der Waals surface area (Å²) in [5.74, 6) is -1.51. The summed E-state index contributed by atoms with van der Waals surface area (Å²) in [5.41, 5.74) is -2.46. The zero-order valence-corrected chi connectivity index (χ0v) is 10.2. The van der Waals surface area contributed by atoms with Crippen LogP contribution < -0.4 is 0 Å². The van der Waals surface area contributed by atoms with Crippen LogP contribution in [0, 0.1) is 11.2 Å². The third-order valence-electron chi connectivity index (χ3n) is 3.40. The quantitative estimate of drug-likeness (QED) is 0.850. The highest BCUT2D eigenvalue weighted by Gasteiger charge is 2.49. The van der Waals surface area contributed by atoms with Crippen molar-refractivity contribution in [1.82, 2.24) is 0 Å². The molecule has 0 fully saturated rings. The predicted molar refractivity (Wildman–Crippen MR) is 62.0 cm³/mol. The number of aliphatic carboxylic acids is 1. The number of benzene rings is 1. The summed E-state index contributed by atoms with van der Waals surface area (Å²) >= 11 is 0. The molecular weight excluding hydrogens is 223 g/mol. The van der Waals surface area contributed by atoms with Gasteiger partial charge in [-0.05, 0) is 38.0 Å². The van der Waals surface area contributed by atoms with E-state index >= 15 is 0 Å². The second-order valence-corrected chi connectivity index (χ2v) is 4.65. The Morgan fingerprint density at radius 2 is 1.76 bits per heavy atom. The van der Waals surface area contributed by atoms with E-state index in [0.29, 0.717) is 5.56 Å². The van der Waals surface area contributed by atoms with E-state index in [0.717, 1.165) is 0 Å². The van der Waals surface area contributed by atoms with Crippen molar-refractivity contribution < 1.29 is 19.4 Å². The molecule has 0 aliphatic heterocycles. The SMILES string of the molecule is CCC(O)(c1ccc(F)cc1)C(C)(C)C(=O)O. The van der Waals surface area contributed by atoms with Crippen LogP contribution in [0.25, 0.3) is 0 Å². The molecular formula is C13H17FO3. The van der Waals surface area contributed by atoms with Gasteiger partial charge in [0.15, 0.2) is 0 Å². The Hall–Kier alpha value is -1.42. The Balaban J connectivity index is 3.30. The van der Waals surface area contributed by atoms with Gasteiger partial charge in [0.1, 0.15) is 11.4 Å². The lowest BCUT2D eigenvalue weighted by molar-refractivity contribution is -0.167. The summed E-state index contributed by atoms with van der Waals surface area (Å²) in [6.45, 7) is 4.62. The van der Waals surface area contributed by atoms with Crippen molar-refractivity contribution >= 4 is 5.97 Å². The fourth-order valence-electron chi connectivity index (χ4n) is 1.91. The Labute approximate surface area is 99.9 Å². The van der Waals surface area contributed by atoms with Gasteiger partial charge in [-0.2, -0.15) is 0 Å². The van der Waals surface area contributed by atoms with Gasteiger partial charge in [0.2, 0.25) is 0 Å². The van der Waals surface area contributed by atoms with E-state index in [-0.39, 0.29) is 6.42 Å². The molecule has 0 aromatic heterocycles. The van der Waals surface area contributed by atoms with Crippen molar-refractivity contribution in [3.63, 3.8) is 0 Å². The zero-order chi connectivity index (χ0) is 13.3. The first kappa shape index (κ1) is 13.6. The van der Waals surface area contributed by atoms with E-state index in [1.54, 1.807) is 6.92 Å². The average molecular weight is 240 g/mol. The molecule has 1 rings (SSSR count). The summed E-state index contributed by atoms with van der Waals surface area (Å²) in [5, 5.41) is 19.8. The highest BCUT2D eigenvalue weighted by atomic mass is 19.1. The maximum atomic E-state index is 12.8. The highest BCUT2D eigenvalue weighted by Crippen LogP contribution is 2.42. The van der Waals surface area contributed by atoms with Crippen LogP contribution in [0.1, 0.15) is 32.8 Å². The standard InChI is InChI=1S/C13H17FO3/c1-4-13(17,12(2,3)11(15)16)9-5-7-10(14)8-6-9/h5-8,17H,4H2,1-3H3,(H,15,16). The number of carbonyl (C=O) groups is 1. The molecule has 0 aliphatic rings. The zero-order valence-electron chi connectivity index (χ0n) is 10.2. The van der Waals surface area contributed by atoms with Gasteiger partial charge in [-0.3, -0.25) is 4.79 Å². The lowest BCUT2D eigenvalue weighted by Gasteiger charge is -2.39. The van der Waals surface area contributed by atoms with E-state index in [1.165, 1.54) is 38.1 Å². The van der Waals surface area contributed by atoms with Crippen LogP contribution in [0.15, 0.2) is 24.3 Å². The van der Waals surface area contributed by atoms with E-state index in [1.807, 2.05) is 0 Å². The molecule has 0 heterocycles. The van der Waals surface area contributed by atoms with E-state index in [9.17, 15) is 19.4 Å². The number of carboxylic acid groups (broad SMARTS) is 1. The molecule has 4 heteroatoms. The van der Waals surface area contributed by atoms with Crippen molar-refractivity contribution in [3.05, 3.63) is 35.6 Å². The summed E-state index contributed by atoms with van der Waals surface area (Å²) < 4.78 is 12.8. The lowest BCUT2D eigenvalue weighted by atomic mass is 9.69. The molecule has 0 spiro atoms. The number of halogens is 1. The summed E-state index contributed by atoms with van der Waals surface area (Å²) in [4.78, 5) is 11.2. The largest absolute Gasteiger partial charge is 0.481 e. The molecule has 0 saturated carbocycles. The van der Waals surface area contributed by atoms with Gasteiger partial charge in [-0.15, -0.1) is 0 Å². The number of rotatable bonds is 4. The third-order valence-corrected chi connectivity index (χ3v) is 3.40. The number of aliphatic hydroxyl groups is 1. The molecule has 17 heavy (non-hydrogen) atoms. The normalized spacial score (nSPS) is 15.4. The van der Waals surface area contributed by atoms with E-state index in [2.05, 4.69) is 0 Å². The first-order valence-electron chi connectivity index (χ1n) is 5.47. The van der Waals surface area contributed by atoms with Crippen LogP contribution in [-0.2, 0) is 10.4 Å². The molecule has 3 nitrogen and oxygen atoms in total. The molecule has 0 saturated heterocycles. The van der Waals surface area contributed by atoms with Crippen LogP contribution in [0.3, 0.4) is 0 Å². The molecule has 0 radical (unpaired) electrons. The fourth-order valence-corrected chi connectivity index (χ4v) is 1.91. The minimum atomic E-state index is -1.52. The van der Waals surface area contributed by atoms with Gasteiger partial charge in [0, 0.05) is 0 Å². The molecule has 1 aromatic carbocycles. The van der Waals surface area contributed by atoms with Crippen molar-refractivity contribution in [3.8, 4) is 0 Å². The Morgan fingerprint density at radius 1 is 1.29 bits per heavy atom. The van der Waals surface area contributed by atoms with Crippen molar-refractivity contribution in [2.45, 2.75) is 32.8 Å². The molecule has 1 aromatic rings. The fraction of sp³-hybridized carbons (Fsp3) is 0.462. The van der Waals surface area contributed by atoms with Crippen LogP contribution in [-0.4, -0.2) is 16.2 Å². The van der Waals surface area contributed by atoms with Gasteiger partial charge in [0.25, 0.3) is 0 Å². The van der Waals surface area contributed by atoms with Crippen molar-refractivity contribution in [2.24, 2.45) is 5.41 Å². The first-order chi connectivity index (χ1) is 7.75. The van der Waals surface area contributed by atoms with Crippen LogP contribution >= 0.6 is 0 Å². The Kier molecular flexibility index (Phi) is 3.57. The van der Waals surface area contributed by atoms with Gasteiger partial charge in [-0.25, -0.2) is 4.39 Å². The van der Waals surface area contributed by atoms with E-state index < -0.39 is 22.8 Å². The summed E-state index contributed by atoms with van der Waals surface area (Å²) in [6, 6.07) is 5.27. The minimum absolute atomic E-state index is 0.234. The first-order valence-corrected chi connectivity index (χ1v) is 5.47. The Morgan fingerprint density at radius 3 is 2.12 bits per heavy atom. The number of carboxylic acids is 1. The van der Waals surface area contributed by atoms with Gasteiger partial charge in [-0.1, -0.05) is 19.1 Å². The third kappa shape index (κ3) is 2.17. The van der Waals surface area contributed by atoms with Crippen molar-refractivity contribution in [1.29, 1.82) is 0 Å². The molecule has 0 aliphatic carbocycles. The van der Waals surface area contributed by atoms with Gasteiger partial charge < -0.3 is 10.2 Å². The minimum Gasteiger partial charge on any atom is -0.481 e. The van der Waals surface area contributed by atoms with Crippen LogP contribution in [0.4, 0.5) is 4.39 Å². The highest BCUT2D eigenvalue weighted by molar-refractivity contribution is 5.75. The lowest BCUT2D eigenvalue weighted by Crippen LogP contribution is -2.46. The summed E-state index contributed by atoms with van der Waals surface area (Å²) in [6.07, 6.45) is 0.234. The van der Waals surface area contributed by atoms with Gasteiger partial charge >= 0.3 is 5.97 Å². The monoisotopic (exact) mass is 240 g/mol. The van der Waals surface area contributed by atoms with Crippen LogP contribution in [0.5, 0.6) is 0 Å². The van der Waals surface area contributed by atoms with Crippen LogP contribution in [0.2, 0.25) is 0 Å². The number of hydrogen-bond donors (Lipinski definition) is 2. The molecule has 0 bridgehead atoms. The molecule has 2 N–H and O–H groups in total. The average Bonchev–Trinajstić information content (AvgIpc) is 2.28. The van der Waals surface area contributed by atoms with E-state index in [4.69, 9.17) is 0 Å². The molecule has 1 atom stereocenters. The second kappa shape index (κ2) is 4.45. The maximum absolute atomic E-state index is 12.8. The van der Waals surface area contributed by atoms with Crippen molar-refractivity contribution in [2.75, 3.05) is 0 Å². The molecule has 94 valence electrons. The smallest absolute Gasteiger partial charge is 0.312 e. The topological polar surface area (TPSA) is 57.5 Å². The molecule has 1 unspecified atom stereocenters. The molecule has 0 amide bonds. The summed E-state index contributed by atoms with van der Waals surface area (Å²) in [7, 11) is 0. The number of hydrogen-bond acceptors (Lipinski definition) is 2. The van der Waals surface area contributed by atoms with Gasteiger partial charge in [0.05, 0.1) is 5.41 Å².